The maximum Gasteiger partial charge on any atom is 0.327 e. The Morgan fingerprint density at radius 1 is 1.47 bits per heavy atom. The van der Waals surface area contributed by atoms with Crippen molar-refractivity contribution in [2.75, 3.05) is 12.3 Å². The van der Waals surface area contributed by atoms with Crippen molar-refractivity contribution in [3.05, 3.63) is 0 Å². The van der Waals surface area contributed by atoms with Crippen molar-refractivity contribution in [1.29, 1.82) is 0 Å². The zero-order valence-corrected chi connectivity index (χ0v) is 10.7. The van der Waals surface area contributed by atoms with Gasteiger partial charge in [-0.25, -0.2) is 9.59 Å². The lowest BCUT2D eigenvalue weighted by atomic mass is 9.85. The molecule has 2 N–H and O–H groups in total. The molecule has 2 unspecified atom stereocenters. The van der Waals surface area contributed by atoms with E-state index in [9.17, 15) is 9.59 Å². The van der Waals surface area contributed by atoms with Crippen molar-refractivity contribution in [1.82, 2.24) is 10.2 Å². The molecule has 2 atom stereocenters. The summed E-state index contributed by atoms with van der Waals surface area (Å²) in [5.74, 6) is 0.154. The molecule has 5 nitrogen and oxygen atoms in total. The third kappa shape index (κ3) is 2.68. The highest BCUT2D eigenvalue weighted by Gasteiger charge is 2.39. The number of nitrogens with zero attached hydrogens (tertiary/aromatic N) is 1. The fourth-order valence-corrected chi connectivity index (χ4v) is 3.33. The van der Waals surface area contributed by atoms with Crippen LogP contribution in [-0.4, -0.2) is 45.7 Å². The molecule has 0 aromatic heterocycles. The summed E-state index contributed by atoms with van der Waals surface area (Å²) >= 11 is 1.51. The molecule has 2 fully saturated rings. The molecular formula is C11H18N2O3S. The Morgan fingerprint density at radius 3 is 2.71 bits per heavy atom. The third-order valence-electron chi connectivity index (χ3n) is 3.51. The first-order chi connectivity index (χ1) is 8.09. The second kappa shape index (κ2) is 5.16. The van der Waals surface area contributed by atoms with Gasteiger partial charge in [-0.15, -0.1) is 11.8 Å². The van der Waals surface area contributed by atoms with E-state index < -0.39 is 12.0 Å². The number of rotatable bonds is 3. The van der Waals surface area contributed by atoms with Gasteiger partial charge in [0.15, 0.2) is 0 Å². The second-order valence-electron chi connectivity index (χ2n) is 4.68. The molecule has 2 amide bonds. The molecule has 2 rings (SSSR count). The zero-order chi connectivity index (χ0) is 12.4. The van der Waals surface area contributed by atoms with Crippen LogP contribution in [-0.2, 0) is 4.79 Å². The van der Waals surface area contributed by atoms with Crippen molar-refractivity contribution in [2.24, 2.45) is 5.92 Å². The van der Waals surface area contributed by atoms with E-state index in [2.05, 4.69) is 5.32 Å². The smallest absolute Gasteiger partial charge is 0.327 e. The van der Waals surface area contributed by atoms with E-state index in [1.165, 1.54) is 35.9 Å². The molecule has 17 heavy (non-hydrogen) atoms. The number of carboxylic acids is 1. The Hall–Kier alpha value is -0.910. The van der Waals surface area contributed by atoms with Crippen LogP contribution in [0.1, 0.15) is 26.2 Å². The van der Waals surface area contributed by atoms with Gasteiger partial charge in [0.25, 0.3) is 0 Å². The van der Waals surface area contributed by atoms with Crippen LogP contribution in [0.15, 0.2) is 0 Å². The molecule has 2 aliphatic rings. The topological polar surface area (TPSA) is 69.6 Å². The predicted molar refractivity (Wildman–Crippen MR) is 65.9 cm³/mol. The molecule has 0 aromatic carbocycles. The number of carbonyl (C=O) groups excluding carboxylic acids is 1. The van der Waals surface area contributed by atoms with E-state index in [4.69, 9.17) is 5.11 Å². The van der Waals surface area contributed by atoms with Gasteiger partial charge in [-0.3, -0.25) is 4.90 Å². The number of nitrogens with one attached hydrogen (secondary N) is 1. The van der Waals surface area contributed by atoms with Crippen LogP contribution < -0.4 is 5.32 Å². The van der Waals surface area contributed by atoms with Crippen molar-refractivity contribution in [3.63, 3.8) is 0 Å². The first-order valence-electron chi connectivity index (χ1n) is 6.00. The molecule has 1 aliphatic carbocycles. The van der Waals surface area contributed by atoms with Crippen molar-refractivity contribution in [3.8, 4) is 0 Å². The molecule has 0 bridgehead atoms. The number of carboxylic acid groups (broad SMARTS) is 1. The largest absolute Gasteiger partial charge is 0.480 e. The molecule has 1 saturated heterocycles. The van der Waals surface area contributed by atoms with E-state index in [-0.39, 0.29) is 11.4 Å². The van der Waals surface area contributed by atoms with Crippen LogP contribution in [0.3, 0.4) is 0 Å². The Kier molecular flexibility index (Phi) is 3.81. The number of carbonyl (C=O) groups is 2. The number of hydrogen-bond donors (Lipinski definition) is 2. The molecule has 96 valence electrons. The summed E-state index contributed by atoms with van der Waals surface area (Å²) in [6.45, 7) is 2.55. The maximum atomic E-state index is 12.0. The number of hydrogen-bond acceptors (Lipinski definition) is 3. The Bertz CT molecular complexity index is 320. The molecule has 6 heteroatoms. The summed E-state index contributed by atoms with van der Waals surface area (Å²) in [4.78, 5) is 24.4. The highest BCUT2D eigenvalue weighted by Crippen LogP contribution is 2.29. The number of aliphatic carboxylic acids is 1. The molecule has 1 heterocycles. The van der Waals surface area contributed by atoms with E-state index in [0.717, 1.165) is 0 Å². The maximum absolute atomic E-state index is 12.0. The molecular weight excluding hydrogens is 240 g/mol. The van der Waals surface area contributed by atoms with Crippen molar-refractivity contribution in [2.45, 2.75) is 37.6 Å². The number of thioether (sulfide) groups is 1. The Morgan fingerprint density at radius 2 is 2.18 bits per heavy atom. The molecule has 0 spiro atoms. The summed E-state index contributed by atoms with van der Waals surface area (Å²) in [6, 6.07) is -0.918. The van der Waals surface area contributed by atoms with Crippen molar-refractivity contribution < 1.29 is 14.7 Å². The van der Waals surface area contributed by atoms with Crippen LogP contribution in [0.5, 0.6) is 0 Å². The normalized spacial score (nSPS) is 28.9. The third-order valence-corrected chi connectivity index (χ3v) is 4.73. The minimum atomic E-state index is -0.916. The van der Waals surface area contributed by atoms with Gasteiger partial charge in [0.1, 0.15) is 6.04 Å². The molecule has 1 aliphatic heterocycles. The minimum absolute atomic E-state index is 0.0579. The lowest BCUT2D eigenvalue weighted by Crippen LogP contribution is -2.50. The van der Waals surface area contributed by atoms with E-state index in [0.29, 0.717) is 18.2 Å². The molecule has 0 aromatic rings. The minimum Gasteiger partial charge on any atom is -0.480 e. The summed E-state index contributed by atoms with van der Waals surface area (Å²) in [7, 11) is 0. The molecule has 1 saturated carbocycles. The molecule has 0 radical (unpaired) electrons. The fraction of sp³-hybridized carbons (Fsp3) is 0.818. The van der Waals surface area contributed by atoms with E-state index in [1.807, 2.05) is 6.92 Å². The summed E-state index contributed by atoms with van der Waals surface area (Å²) < 4.78 is 0. The standard InChI is InChI=1S/C11H18N2O3S/c1-7-13(9(6-17-7)10(14)15)11(16)12-5-8-3-2-4-8/h7-9H,2-6H2,1H3,(H,12,16)(H,14,15). The van der Waals surface area contributed by atoms with Gasteiger partial charge in [0.05, 0.1) is 5.37 Å². The highest BCUT2D eigenvalue weighted by atomic mass is 32.2. The second-order valence-corrected chi connectivity index (χ2v) is 6.03. The Labute approximate surface area is 105 Å². The van der Waals surface area contributed by atoms with Crippen LogP contribution in [0.2, 0.25) is 0 Å². The van der Waals surface area contributed by atoms with Gasteiger partial charge in [-0.05, 0) is 25.7 Å². The van der Waals surface area contributed by atoms with Gasteiger partial charge in [0, 0.05) is 12.3 Å². The Balaban J connectivity index is 1.88. The van der Waals surface area contributed by atoms with Gasteiger partial charge in [-0.1, -0.05) is 6.42 Å². The quantitative estimate of drug-likeness (QED) is 0.801. The lowest BCUT2D eigenvalue weighted by molar-refractivity contribution is -0.141. The van der Waals surface area contributed by atoms with E-state index in [1.54, 1.807) is 0 Å². The van der Waals surface area contributed by atoms with Crippen LogP contribution in [0.25, 0.3) is 0 Å². The van der Waals surface area contributed by atoms with Gasteiger partial charge in [-0.2, -0.15) is 0 Å². The summed E-state index contributed by atoms with van der Waals surface area (Å²) in [5, 5.41) is 11.8. The SMILES string of the molecule is CC1SCC(C(=O)O)N1C(=O)NCC1CCC1. The van der Waals surface area contributed by atoms with Gasteiger partial charge in [0.2, 0.25) is 0 Å². The van der Waals surface area contributed by atoms with Crippen LogP contribution in [0.4, 0.5) is 4.79 Å². The zero-order valence-electron chi connectivity index (χ0n) is 9.89. The van der Waals surface area contributed by atoms with Gasteiger partial charge >= 0.3 is 12.0 Å². The first-order valence-corrected chi connectivity index (χ1v) is 7.05. The van der Waals surface area contributed by atoms with Crippen LogP contribution in [0, 0.1) is 5.92 Å². The average Bonchev–Trinajstić information content (AvgIpc) is 2.57. The van der Waals surface area contributed by atoms with Crippen molar-refractivity contribution >= 4 is 23.8 Å². The average molecular weight is 258 g/mol. The fourth-order valence-electron chi connectivity index (χ4n) is 2.16. The highest BCUT2D eigenvalue weighted by molar-refractivity contribution is 8.00. The van der Waals surface area contributed by atoms with Crippen LogP contribution >= 0.6 is 11.8 Å². The monoisotopic (exact) mass is 258 g/mol. The number of amides is 2. The number of urea groups is 1. The van der Waals surface area contributed by atoms with Gasteiger partial charge < -0.3 is 10.4 Å². The van der Waals surface area contributed by atoms with E-state index >= 15 is 0 Å². The lowest BCUT2D eigenvalue weighted by Gasteiger charge is -2.29. The first kappa shape index (κ1) is 12.5. The predicted octanol–water partition coefficient (Wildman–Crippen LogP) is 1.34. The summed E-state index contributed by atoms with van der Waals surface area (Å²) in [6.07, 6.45) is 3.59. The summed E-state index contributed by atoms with van der Waals surface area (Å²) in [5.41, 5.74) is 0.